The van der Waals surface area contributed by atoms with E-state index in [1.807, 2.05) is 39.0 Å². The summed E-state index contributed by atoms with van der Waals surface area (Å²) in [5.41, 5.74) is 1.93. The average molecular weight is 559 g/mol. The highest BCUT2D eigenvalue weighted by atomic mass is 16.5. The molecular weight excluding hydrogens is 512 g/mol. The number of aromatic nitrogens is 2. The molecule has 2 aliphatic carbocycles. The van der Waals surface area contributed by atoms with Crippen molar-refractivity contribution in [3.05, 3.63) is 65.5 Å². The smallest absolute Gasteiger partial charge is 0.246 e. The predicted octanol–water partition coefficient (Wildman–Crippen LogP) is 5.79. The van der Waals surface area contributed by atoms with Crippen molar-refractivity contribution >= 4 is 22.8 Å². The number of hydrogen-bond donors (Lipinski definition) is 3. The second-order valence-corrected chi connectivity index (χ2v) is 13.4. The van der Waals surface area contributed by atoms with E-state index in [9.17, 15) is 9.59 Å². The minimum atomic E-state index is -1.02. The summed E-state index contributed by atoms with van der Waals surface area (Å²) in [6.07, 6.45) is 6.15. The predicted molar refractivity (Wildman–Crippen MR) is 163 cm³/mol. The summed E-state index contributed by atoms with van der Waals surface area (Å²) in [7, 11) is 1.61. The number of aromatic amines is 1. The molecule has 5 rings (SSSR count). The summed E-state index contributed by atoms with van der Waals surface area (Å²) in [5, 5.41) is 6.17. The van der Waals surface area contributed by atoms with Gasteiger partial charge in [0, 0.05) is 20.1 Å². The van der Waals surface area contributed by atoms with Gasteiger partial charge in [-0.3, -0.25) is 9.59 Å². The number of methoxy groups -OCH3 is 1. The van der Waals surface area contributed by atoms with Crippen LogP contribution < -0.4 is 10.6 Å². The van der Waals surface area contributed by atoms with Crippen LogP contribution in [0.15, 0.2) is 48.5 Å². The Morgan fingerprint density at radius 1 is 1.05 bits per heavy atom. The molecule has 7 heteroatoms. The van der Waals surface area contributed by atoms with Crippen molar-refractivity contribution in [1.82, 2.24) is 20.6 Å². The average Bonchev–Trinajstić information content (AvgIpc) is 3.55. The van der Waals surface area contributed by atoms with Gasteiger partial charge in [0.15, 0.2) is 0 Å². The maximum Gasteiger partial charge on any atom is 0.246 e. The van der Waals surface area contributed by atoms with Crippen LogP contribution in [-0.2, 0) is 26.2 Å². The lowest BCUT2D eigenvalue weighted by Gasteiger charge is -2.52. The molecule has 2 aliphatic rings. The molecule has 2 unspecified atom stereocenters. The van der Waals surface area contributed by atoms with Gasteiger partial charge in [-0.15, -0.1) is 0 Å². The minimum Gasteiger partial charge on any atom is -0.383 e. The molecule has 220 valence electrons. The van der Waals surface area contributed by atoms with Crippen LogP contribution in [-0.4, -0.2) is 47.6 Å². The summed E-state index contributed by atoms with van der Waals surface area (Å²) < 4.78 is 5.61. The quantitative estimate of drug-likeness (QED) is 0.262. The van der Waals surface area contributed by atoms with E-state index in [0.29, 0.717) is 17.9 Å². The third-order valence-corrected chi connectivity index (χ3v) is 10.4. The monoisotopic (exact) mass is 558 g/mol. The molecule has 0 spiro atoms. The van der Waals surface area contributed by atoms with E-state index in [1.165, 1.54) is 18.4 Å². The zero-order chi connectivity index (χ0) is 29.5. The third-order valence-electron chi connectivity index (χ3n) is 10.4. The van der Waals surface area contributed by atoms with Crippen LogP contribution in [0.3, 0.4) is 0 Å². The highest BCUT2D eigenvalue weighted by Gasteiger charge is 2.55. The molecule has 41 heavy (non-hydrogen) atoms. The van der Waals surface area contributed by atoms with E-state index in [4.69, 9.17) is 9.72 Å². The van der Waals surface area contributed by atoms with Crippen LogP contribution in [0.25, 0.3) is 11.0 Å². The molecule has 1 aromatic heterocycles. The molecule has 1 heterocycles. The number of fused-ring (bicyclic) bond motifs is 1. The van der Waals surface area contributed by atoms with Crippen molar-refractivity contribution < 1.29 is 14.3 Å². The number of hydrogen-bond acceptors (Lipinski definition) is 4. The third kappa shape index (κ3) is 5.29. The molecular formula is C34H46N4O3. The molecule has 2 aromatic carbocycles. The Morgan fingerprint density at radius 2 is 1.76 bits per heavy atom. The Labute approximate surface area is 244 Å². The van der Waals surface area contributed by atoms with Crippen molar-refractivity contribution in [1.29, 1.82) is 0 Å². The van der Waals surface area contributed by atoms with Gasteiger partial charge in [0.25, 0.3) is 0 Å². The normalized spacial score (nSPS) is 20.7. The van der Waals surface area contributed by atoms with Gasteiger partial charge < -0.3 is 20.4 Å². The van der Waals surface area contributed by atoms with Crippen LogP contribution in [0, 0.1) is 10.8 Å². The topological polar surface area (TPSA) is 96.1 Å². The van der Waals surface area contributed by atoms with Gasteiger partial charge in [-0.1, -0.05) is 56.7 Å². The zero-order valence-corrected chi connectivity index (χ0v) is 25.5. The number of ether oxygens (including phenoxy) is 1. The highest BCUT2D eigenvalue weighted by molar-refractivity contribution is 5.96. The van der Waals surface area contributed by atoms with E-state index in [1.54, 1.807) is 7.11 Å². The Bertz CT molecular complexity index is 1410. The van der Waals surface area contributed by atoms with Gasteiger partial charge in [0.2, 0.25) is 11.8 Å². The fourth-order valence-electron chi connectivity index (χ4n) is 6.65. The number of amides is 2. The molecule has 2 saturated carbocycles. The molecule has 7 nitrogen and oxygen atoms in total. The first-order chi connectivity index (χ1) is 19.5. The lowest BCUT2D eigenvalue weighted by molar-refractivity contribution is -0.144. The Hall–Kier alpha value is -3.19. The number of carbonyl (C=O) groups is 2. The van der Waals surface area contributed by atoms with Crippen LogP contribution in [0.4, 0.5) is 0 Å². The molecule has 0 radical (unpaired) electrons. The van der Waals surface area contributed by atoms with Crippen LogP contribution >= 0.6 is 0 Å². The number of nitrogens with one attached hydrogen (secondary N) is 3. The number of likely N-dealkylation sites (N-methyl/N-ethyl adjacent to an activating group) is 1. The first-order valence-corrected chi connectivity index (χ1v) is 15.1. The molecule has 2 amide bonds. The Balaban J connectivity index is 1.44. The number of imidazole rings is 1. The second-order valence-electron chi connectivity index (χ2n) is 13.4. The first-order valence-electron chi connectivity index (χ1n) is 15.1. The van der Waals surface area contributed by atoms with Crippen molar-refractivity contribution in [2.45, 2.75) is 90.0 Å². The molecule has 0 bridgehead atoms. The number of nitrogens with zero attached hydrogens (tertiary/aromatic N) is 1. The fraction of sp³-hybridized carbons (Fsp3) is 0.559. The van der Waals surface area contributed by atoms with Crippen LogP contribution in [0.5, 0.6) is 0 Å². The summed E-state index contributed by atoms with van der Waals surface area (Å²) >= 11 is 0. The molecule has 2 fully saturated rings. The summed E-state index contributed by atoms with van der Waals surface area (Å²) in [5.74, 6) is 0.999. The maximum atomic E-state index is 14.1. The van der Waals surface area contributed by atoms with Gasteiger partial charge in [-0.25, -0.2) is 4.98 Å². The lowest BCUT2D eigenvalue weighted by atomic mass is 9.58. The number of rotatable bonds is 12. The summed E-state index contributed by atoms with van der Waals surface area (Å²) in [6, 6.07) is 16.7. The van der Waals surface area contributed by atoms with Gasteiger partial charge >= 0.3 is 0 Å². The number of H-pyrrole nitrogens is 1. The van der Waals surface area contributed by atoms with Crippen molar-refractivity contribution in [2.24, 2.45) is 10.8 Å². The molecule has 3 N–H and O–H groups in total. The second kappa shape index (κ2) is 10.9. The Kier molecular flexibility index (Phi) is 7.79. The first kappa shape index (κ1) is 29.3. The lowest BCUT2D eigenvalue weighted by Crippen LogP contribution is -2.69. The zero-order valence-electron chi connectivity index (χ0n) is 25.5. The van der Waals surface area contributed by atoms with E-state index in [-0.39, 0.29) is 23.8 Å². The largest absolute Gasteiger partial charge is 0.383 e. The molecule has 3 atom stereocenters. The summed E-state index contributed by atoms with van der Waals surface area (Å²) in [6.45, 7) is 10.8. The van der Waals surface area contributed by atoms with E-state index in [0.717, 1.165) is 48.1 Å². The van der Waals surface area contributed by atoms with E-state index < -0.39 is 11.0 Å². The number of carbonyl (C=O) groups excluding carboxylic acids is 2. The SMILES string of the molecule is CCNC(=O)C(C)(NC(=O)C(C)(COC)c1ccc2nc(C[C@H](c3ccccc3)C3(C)CC3)[nH]c2c1)C1(C)CCC1. The number of benzene rings is 2. The van der Waals surface area contributed by atoms with Crippen molar-refractivity contribution in [3.8, 4) is 0 Å². The molecule has 0 aliphatic heterocycles. The van der Waals surface area contributed by atoms with Crippen LogP contribution in [0.1, 0.15) is 89.6 Å². The minimum absolute atomic E-state index is 0.138. The Morgan fingerprint density at radius 3 is 2.34 bits per heavy atom. The maximum absolute atomic E-state index is 14.1. The van der Waals surface area contributed by atoms with Gasteiger partial charge in [0.1, 0.15) is 11.4 Å². The van der Waals surface area contributed by atoms with Gasteiger partial charge in [-0.2, -0.15) is 0 Å². The van der Waals surface area contributed by atoms with Gasteiger partial charge in [-0.05, 0) is 86.5 Å². The van der Waals surface area contributed by atoms with E-state index in [2.05, 4.69) is 59.8 Å². The molecule has 0 saturated heterocycles. The highest BCUT2D eigenvalue weighted by Crippen LogP contribution is 2.56. The van der Waals surface area contributed by atoms with E-state index >= 15 is 0 Å². The standard InChI is InChI=1S/C34H46N4O3/c1-7-35-30(40)34(5,32(3)16-11-17-32)38-29(39)33(4,22-41-6)24-14-15-26-27(20-24)37-28(36-26)21-25(31(2)18-19-31)23-12-9-8-10-13-23/h8-10,12-15,20,25H,7,11,16-19,21-22H2,1-6H3,(H,35,40)(H,36,37)(H,38,39)/t25-,33?,34?/m1/s1. The van der Waals surface area contributed by atoms with Crippen molar-refractivity contribution in [3.63, 3.8) is 0 Å². The van der Waals surface area contributed by atoms with Crippen molar-refractivity contribution in [2.75, 3.05) is 20.3 Å². The fourth-order valence-corrected chi connectivity index (χ4v) is 6.65. The van der Waals surface area contributed by atoms with Gasteiger partial charge in [0.05, 0.1) is 23.1 Å². The van der Waals surface area contributed by atoms with Crippen LogP contribution in [0.2, 0.25) is 0 Å². The molecule has 3 aromatic rings. The summed E-state index contributed by atoms with van der Waals surface area (Å²) in [4.78, 5) is 36.0.